The summed E-state index contributed by atoms with van der Waals surface area (Å²) < 4.78 is 22.2. The van der Waals surface area contributed by atoms with Crippen molar-refractivity contribution in [2.24, 2.45) is 0 Å². The normalized spacial score (nSPS) is 23.5. The van der Waals surface area contributed by atoms with Crippen LogP contribution in [0.5, 0.6) is 0 Å². The Morgan fingerprint density at radius 3 is 2.64 bits per heavy atom. The zero-order valence-corrected chi connectivity index (χ0v) is 15.7. The largest absolute Gasteiger partial charge is 0.498 e. The van der Waals surface area contributed by atoms with Crippen molar-refractivity contribution in [2.75, 3.05) is 20.3 Å². The van der Waals surface area contributed by atoms with E-state index in [0.29, 0.717) is 6.61 Å². The van der Waals surface area contributed by atoms with Gasteiger partial charge in [-0.25, -0.2) is 4.79 Å². The van der Waals surface area contributed by atoms with Crippen molar-refractivity contribution >= 4 is 14.3 Å². The van der Waals surface area contributed by atoms with Crippen molar-refractivity contribution in [3.05, 3.63) is 12.3 Å². The van der Waals surface area contributed by atoms with E-state index in [1.165, 1.54) is 19.4 Å². The van der Waals surface area contributed by atoms with Crippen molar-refractivity contribution in [3.8, 4) is 0 Å². The van der Waals surface area contributed by atoms with Gasteiger partial charge in [0.1, 0.15) is 12.7 Å². The zero-order chi connectivity index (χ0) is 16.8. The summed E-state index contributed by atoms with van der Waals surface area (Å²) in [5.41, 5.74) is 0. The van der Waals surface area contributed by atoms with Gasteiger partial charge in [0, 0.05) is 6.61 Å². The number of carbonyl (C=O) groups excluding carboxylic acids is 1. The van der Waals surface area contributed by atoms with Gasteiger partial charge in [-0.2, -0.15) is 0 Å². The first kappa shape index (κ1) is 19.2. The highest BCUT2D eigenvalue weighted by molar-refractivity contribution is 6.74. The van der Waals surface area contributed by atoms with Crippen LogP contribution in [0.25, 0.3) is 0 Å². The lowest BCUT2D eigenvalue weighted by atomic mass is 10.1. The molecule has 0 amide bonds. The SMILES string of the molecule is COC(=O)/C=C/OC[C@H]1OCCC[C@H]1O[Si](C)(C)C(C)(C)C. The maximum atomic E-state index is 11.0. The van der Waals surface area contributed by atoms with Crippen molar-refractivity contribution < 1.29 is 23.4 Å². The molecule has 1 aliphatic heterocycles. The molecule has 2 atom stereocenters. The van der Waals surface area contributed by atoms with Crippen LogP contribution in [-0.4, -0.2) is 46.8 Å². The number of hydrogen-bond donors (Lipinski definition) is 0. The summed E-state index contributed by atoms with van der Waals surface area (Å²) in [5, 5.41) is 0.167. The molecular formula is C16H30O5Si. The van der Waals surface area contributed by atoms with Gasteiger partial charge in [0.2, 0.25) is 0 Å². The minimum atomic E-state index is -1.83. The van der Waals surface area contributed by atoms with Gasteiger partial charge in [-0.1, -0.05) is 20.8 Å². The van der Waals surface area contributed by atoms with Gasteiger partial charge in [0.15, 0.2) is 8.32 Å². The van der Waals surface area contributed by atoms with Crippen LogP contribution < -0.4 is 0 Å². The fourth-order valence-electron chi connectivity index (χ4n) is 1.98. The average Bonchev–Trinajstić information content (AvgIpc) is 2.43. The quantitative estimate of drug-likeness (QED) is 0.324. The lowest BCUT2D eigenvalue weighted by Crippen LogP contribution is -2.50. The van der Waals surface area contributed by atoms with Crippen LogP contribution in [0.4, 0.5) is 0 Å². The van der Waals surface area contributed by atoms with E-state index in [2.05, 4.69) is 38.6 Å². The van der Waals surface area contributed by atoms with Crippen LogP contribution in [0.1, 0.15) is 33.6 Å². The molecule has 1 rings (SSSR count). The molecule has 1 saturated heterocycles. The van der Waals surface area contributed by atoms with E-state index in [-0.39, 0.29) is 17.2 Å². The predicted octanol–water partition coefficient (Wildman–Crippen LogP) is 3.26. The van der Waals surface area contributed by atoms with Crippen LogP contribution in [0.2, 0.25) is 18.1 Å². The number of hydrogen-bond acceptors (Lipinski definition) is 5. The molecule has 22 heavy (non-hydrogen) atoms. The molecule has 0 N–H and O–H groups in total. The standard InChI is InChI=1S/C16H30O5Si/c1-16(2,3)22(5,6)21-13-8-7-10-20-14(13)12-19-11-9-15(17)18-4/h9,11,13-14H,7-8,10,12H2,1-6H3/b11-9+/t13-,14-/m1/s1. The van der Waals surface area contributed by atoms with Crippen LogP contribution in [0.3, 0.4) is 0 Å². The van der Waals surface area contributed by atoms with Gasteiger partial charge in [0.25, 0.3) is 0 Å². The second-order valence-corrected chi connectivity index (χ2v) is 11.9. The second kappa shape index (κ2) is 8.13. The Hall–Kier alpha value is -0.853. The summed E-state index contributed by atoms with van der Waals surface area (Å²) in [6.45, 7) is 12.3. The molecular weight excluding hydrogens is 300 g/mol. The third-order valence-electron chi connectivity index (χ3n) is 4.39. The van der Waals surface area contributed by atoms with Crippen molar-refractivity contribution in [3.63, 3.8) is 0 Å². The molecule has 0 aromatic heterocycles. The number of methoxy groups -OCH3 is 1. The van der Waals surface area contributed by atoms with E-state index in [4.69, 9.17) is 13.9 Å². The molecule has 0 saturated carbocycles. The topological polar surface area (TPSA) is 54.0 Å². The van der Waals surface area contributed by atoms with Gasteiger partial charge in [-0.15, -0.1) is 0 Å². The van der Waals surface area contributed by atoms with Crippen LogP contribution in [0, 0.1) is 0 Å². The first-order valence-corrected chi connectivity index (χ1v) is 10.7. The summed E-state index contributed by atoms with van der Waals surface area (Å²) in [5.74, 6) is -0.432. The number of rotatable bonds is 6. The highest BCUT2D eigenvalue weighted by atomic mass is 28.4. The van der Waals surface area contributed by atoms with Crippen molar-refractivity contribution in [2.45, 2.75) is 64.0 Å². The molecule has 0 spiro atoms. The molecule has 5 nitrogen and oxygen atoms in total. The Morgan fingerprint density at radius 2 is 2.05 bits per heavy atom. The third-order valence-corrected chi connectivity index (χ3v) is 8.90. The van der Waals surface area contributed by atoms with E-state index in [1.54, 1.807) is 0 Å². The maximum Gasteiger partial charge on any atom is 0.333 e. The molecule has 128 valence electrons. The Morgan fingerprint density at radius 1 is 1.36 bits per heavy atom. The van der Waals surface area contributed by atoms with Crippen LogP contribution in [0.15, 0.2) is 12.3 Å². The molecule has 1 heterocycles. The molecule has 0 bridgehead atoms. The smallest absolute Gasteiger partial charge is 0.333 e. The van der Waals surface area contributed by atoms with Gasteiger partial charge in [-0.05, 0) is 31.0 Å². The summed E-state index contributed by atoms with van der Waals surface area (Å²) in [4.78, 5) is 11.0. The highest BCUT2D eigenvalue weighted by Crippen LogP contribution is 2.38. The van der Waals surface area contributed by atoms with Gasteiger partial charge < -0.3 is 18.6 Å². The molecule has 1 aliphatic rings. The second-order valence-electron chi connectivity index (χ2n) is 7.13. The predicted molar refractivity (Wildman–Crippen MR) is 88.2 cm³/mol. The summed E-state index contributed by atoms with van der Waals surface area (Å²) in [7, 11) is -0.500. The lowest BCUT2D eigenvalue weighted by Gasteiger charge is -2.42. The van der Waals surface area contributed by atoms with E-state index >= 15 is 0 Å². The van der Waals surface area contributed by atoms with Gasteiger partial charge in [-0.3, -0.25) is 0 Å². The number of carbonyl (C=O) groups is 1. The number of esters is 1. The molecule has 0 unspecified atom stereocenters. The fraction of sp³-hybridized carbons (Fsp3) is 0.812. The first-order chi connectivity index (χ1) is 10.2. The highest BCUT2D eigenvalue weighted by Gasteiger charge is 2.41. The Labute approximate surface area is 135 Å². The summed E-state index contributed by atoms with van der Waals surface area (Å²) >= 11 is 0. The Kier molecular flexibility index (Phi) is 7.09. The van der Waals surface area contributed by atoms with E-state index in [9.17, 15) is 4.79 Å². The first-order valence-electron chi connectivity index (χ1n) is 7.83. The monoisotopic (exact) mass is 330 g/mol. The number of ether oxygens (including phenoxy) is 3. The van der Waals surface area contributed by atoms with Gasteiger partial charge in [0.05, 0.1) is 25.6 Å². The molecule has 6 heteroatoms. The van der Waals surface area contributed by atoms with Crippen molar-refractivity contribution in [1.82, 2.24) is 0 Å². The average molecular weight is 330 g/mol. The van der Waals surface area contributed by atoms with Crippen LogP contribution in [-0.2, 0) is 23.4 Å². The third kappa shape index (κ3) is 5.74. The Balaban J connectivity index is 2.57. The van der Waals surface area contributed by atoms with E-state index in [1.807, 2.05) is 0 Å². The fourth-order valence-corrected chi connectivity index (χ4v) is 3.36. The van der Waals surface area contributed by atoms with Gasteiger partial charge >= 0.3 is 5.97 Å². The molecule has 0 radical (unpaired) electrons. The molecule has 0 aromatic carbocycles. The maximum absolute atomic E-state index is 11.0. The molecule has 0 aromatic rings. The van der Waals surface area contributed by atoms with E-state index < -0.39 is 14.3 Å². The van der Waals surface area contributed by atoms with E-state index in [0.717, 1.165) is 19.4 Å². The molecule has 0 aliphatic carbocycles. The summed E-state index contributed by atoms with van der Waals surface area (Å²) in [6.07, 6.45) is 4.57. The Bertz CT molecular complexity index is 386. The van der Waals surface area contributed by atoms with Crippen LogP contribution >= 0.6 is 0 Å². The lowest BCUT2D eigenvalue weighted by molar-refractivity contribution is -0.135. The minimum absolute atomic E-state index is 0.0566. The summed E-state index contributed by atoms with van der Waals surface area (Å²) in [6, 6.07) is 0. The minimum Gasteiger partial charge on any atom is -0.498 e. The molecule has 1 fully saturated rings. The zero-order valence-electron chi connectivity index (χ0n) is 14.7. The van der Waals surface area contributed by atoms with Crippen molar-refractivity contribution in [1.29, 1.82) is 0 Å².